The zero-order chi connectivity index (χ0) is 10.1. The van der Waals surface area contributed by atoms with Crippen LogP contribution in [0.3, 0.4) is 0 Å². The lowest BCUT2D eigenvalue weighted by molar-refractivity contribution is -0.116. The molecule has 2 heterocycles. The first-order valence-electron chi connectivity index (χ1n) is 4.59. The van der Waals surface area contributed by atoms with Crippen LogP contribution in [0.2, 0.25) is 0 Å². The maximum Gasteiger partial charge on any atom is 0.134 e. The quantitative estimate of drug-likeness (QED) is 0.719. The number of aryl methyl sites for hydroxylation is 1. The normalized spacial score (nSPS) is 10.7. The molecule has 0 radical (unpaired) electrons. The maximum absolute atomic E-state index is 10.9. The van der Waals surface area contributed by atoms with Crippen molar-refractivity contribution >= 4 is 11.3 Å². The van der Waals surface area contributed by atoms with Gasteiger partial charge in [0, 0.05) is 12.6 Å². The zero-order valence-electron chi connectivity index (χ0n) is 8.32. The second kappa shape index (κ2) is 3.25. The molecule has 0 amide bonds. The molecule has 0 aliphatic carbocycles. The highest BCUT2D eigenvalue weighted by Crippen LogP contribution is 2.08. The predicted octanol–water partition coefficient (Wildman–Crippen LogP) is 1.77. The first-order valence-corrected chi connectivity index (χ1v) is 4.59. The Kier molecular flexibility index (Phi) is 2.08. The van der Waals surface area contributed by atoms with Gasteiger partial charge in [0.1, 0.15) is 5.78 Å². The Bertz CT molecular complexity index is 485. The van der Waals surface area contributed by atoms with Crippen LogP contribution >= 0.6 is 0 Å². The van der Waals surface area contributed by atoms with Crippen LogP contribution in [0.5, 0.6) is 0 Å². The average molecular weight is 188 g/mol. The largest absolute Gasteiger partial charge is 0.300 e. The van der Waals surface area contributed by atoms with Gasteiger partial charge in [-0.1, -0.05) is 6.07 Å². The first-order chi connectivity index (χ1) is 6.65. The summed E-state index contributed by atoms with van der Waals surface area (Å²) in [6.45, 7) is 3.55. The lowest BCUT2D eigenvalue weighted by Crippen LogP contribution is -1.98. The van der Waals surface area contributed by atoms with E-state index in [1.165, 1.54) is 0 Å². The standard InChI is InChI=1S/C11H12N2O/c1-8-5-11-4-3-10(6-9(2)14)7-13(11)12-8/h3-5,7H,6H2,1-2H3. The summed E-state index contributed by atoms with van der Waals surface area (Å²) in [7, 11) is 0. The molecule has 2 aromatic rings. The molecule has 0 aromatic carbocycles. The molecule has 0 unspecified atom stereocenters. The number of rotatable bonds is 2. The summed E-state index contributed by atoms with van der Waals surface area (Å²) >= 11 is 0. The Morgan fingerprint density at radius 1 is 1.50 bits per heavy atom. The molecule has 0 saturated carbocycles. The van der Waals surface area contributed by atoms with Crippen molar-refractivity contribution in [3.8, 4) is 0 Å². The minimum atomic E-state index is 0.174. The van der Waals surface area contributed by atoms with E-state index >= 15 is 0 Å². The van der Waals surface area contributed by atoms with Crippen molar-refractivity contribution in [2.45, 2.75) is 20.3 Å². The van der Waals surface area contributed by atoms with Crippen LogP contribution < -0.4 is 0 Å². The fourth-order valence-corrected chi connectivity index (χ4v) is 1.55. The number of hydrogen-bond acceptors (Lipinski definition) is 2. The van der Waals surface area contributed by atoms with Crippen molar-refractivity contribution in [1.82, 2.24) is 9.61 Å². The molecule has 0 N–H and O–H groups in total. The van der Waals surface area contributed by atoms with Gasteiger partial charge in [0.05, 0.1) is 11.2 Å². The van der Waals surface area contributed by atoms with Gasteiger partial charge in [-0.25, -0.2) is 4.52 Å². The summed E-state index contributed by atoms with van der Waals surface area (Å²) in [6.07, 6.45) is 2.39. The fourth-order valence-electron chi connectivity index (χ4n) is 1.55. The summed E-state index contributed by atoms with van der Waals surface area (Å²) in [5.41, 5.74) is 3.06. The number of hydrogen-bond donors (Lipinski definition) is 0. The smallest absolute Gasteiger partial charge is 0.134 e. The van der Waals surface area contributed by atoms with E-state index in [1.54, 1.807) is 6.92 Å². The molecule has 0 atom stereocenters. The lowest BCUT2D eigenvalue weighted by Gasteiger charge is -1.98. The van der Waals surface area contributed by atoms with Crippen LogP contribution in [0.15, 0.2) is 24.4 Å². The average Bonchev–Trinajstić information content (AvgIpc) is 2.42. The van der Waals surface area contributed by atoms with Gasteiger partial charge in [0.25, 0.3) is 0 Å². The highest BCUT2D eigenvalue weighted by Gasteiger charge is 2.01. The van der Waals surface area contributed by atoms with E-state index in [0.717, 1.165) is 16.8 Å². The van der Waals surface area contributed by atoms with Gasteiger partial charge in [0.15, 0.2) is 0 Å². The van der Waals surface area contributed by atoms with Gasteiger partial charge in [-0.05, 0) is 31.5 Å². The third-order valence-electron chi connectivity index (χ3n) is 2.10. The fraction of sp³-hybridized carbons (Fsp3) is 0.273. The van der Waals surface area contributed by atoms with Crippen molar-refractivity contribution < 1.29 is 4.79 Å². The molecule has 0 saturated heterocycles. The highest BCUT2D eigenvalue weighted by atomic mass is 16.1. The van der Waals surface area contributed by atoms with Crippen molar-refractivity contribution in [3.63, 3.8) is 0 Å². The molecule has 3 heteroatoms. The van der Waals surface area contributed by atoms with Gasteiger partial charge in [0.2, 0.25) is 0 Å². The predicted molar refractivity (Wildman–Crippen MR) is 54.3 cm³/mol. The molecule has 0 fully saturated rings. The molecule has 0 bridgehead atoms. The number of fused-ring (bicyclic) bond motifs is 1. The molecule has 14 heavy (non-hydrogen) atoms. The van der Waals surface area contributed by atoms with E-state index in [0.29, 0.717) is 6.42 Å². The van der Waals surface area contributed by atoms with Crippen molar-refractivity contribution in [2.24, 2.45) is 0 Å². The van der Waals surface area contributed by atoms with E-state index in [2.05, 4.69) is 5.10 Å². The maximum atomic E-state index is 10.9. The van der Waals surface area contributed by atoms with E-state index in [9.17, 15) is 4.79 Å². The SMILES string of the molecule is CC(=O)Cc1ccc2cc(C)nn2c1. The number of aromatic nitrogens is 2. The topological polar surface area (TPSA) is 34.4 Å². The summed E-state index contributed by atoms with van der Waals surface area (Å²) in [4.78, 5) is 10.9. The second-order valence-electron chi connectivity index (χ2n) is 3.57. The van der Waals surface area contributed by atoms with Gasteiger partial charge in [-0.2, -0.15) is 5.10 Å². The first kappa shape index (κ1) is 8.94. The van der Waals surface area contributed by atoms with Gasteiger partial charge in [-0.3, -0.25) is 4.79 Å². The summed E-state index contributed by atoms with van der Waals surface area (Å²) in [5.74, 6) is 0.174. The van der Waals surface area contributed by atoms with Crippen LogP contribution in [0.4, 0.5) is 0 Å². The number of Topliss-reactive ketones (excluding diaryl/α,β-unsaturated/α-hetero) is 1. The summed E-state index contributed by atoms with van der Waals surface area (Å²) in [6, 6.07) is 5.97. The Balaban J connectivity index is 2.45. The second-order valence-corrected chi connectivity index (χ2v) is 3.57. The minimum Gasteiger partial charge on any atom is -0.300 e. The molecule has 0 aliphatic rings. The highest BCUT2D eigenvalue weighted by molar-refractivity contribution is 5.78. The molecule has 72 valence electrons. The number of nitrogens with zero attached hydrogens (tertiary/aromatic N) is 2. The number of carbonyl (C=O) groups is 1. The molecule has 0 aliphatic heterocycles. The van der Waals surface area contributed by atoms with Crippen LogP contribution in [0.25, 0.3) is 5.52 Å². The molecular formula is C11H12N2O. The number of ketones is 1. The third kappa shape index (κ3) is 1.66. The zero-order valence-corrected chi connectivity index (χ0v) is 8.32. The molecule has 0 spiro atoms. The van der Waals surface area contributed by atoms with Crippen LogP contribution in [-0.4, -0.2) is 15.4 Å². The van der Waals surface area contributed by atoms with Gasteiger partial charge >= 0.3 is 0 Å². The lowest BCUT2D eigenvalue weighted by atomic mass is 10.1. The number of carbonyl (C=O) groups excluding carboxylic acids is 1. The van der Waals surface area contributed by atoms with E-state index < -0.39 is 0 Å². The van der Waals surface area contributed by atoms with Crippen LogP contribution in [0, 0.1) is 6.92 Å². The van der Waals surface area contributed by atoms with Crippen molar-refractivity contribution in [1.29, 1.82) is 0 Å². The Labute approximate surface area is 82.4 Å². The molecule has 2 aromatic heterocycles. The Hall–Kier alpha value is -1.64. The minimum absolute atomic E-state index is 0.174. The van der Waals surface area contributed by atoms with Gasteiger partial charge in [-0.15, -0.1) is 0 Å². The van der Waals surface area contributed by atoms with E-state index in [4.69, 9.17) is 0 Å². The Morgan fingerprint density at radius 3 is 3.00 bits per heavy atom. The number of pyridine rings is 1. The molecule has 2 rings (SSSR count). The van der Waals surface area contributed by atoms with Crippen molar-refractivity contribution in [2.75, 3.05) is 0 Å². The van der Waals surface area contributed by atoms with E-state index in [-0.39, 0.29) is 5.78 Å². The Morgan fingerprint density at radius 2 is 2.29 bits per heavy atom. The van der Waals surface area contributed by atoms with Crippen molar-refractivity contribution in [3.05, 3.63) is 35.7 Å². The third-order valence-corrected chi connectivity index (χ3v) is 2.10. The van der Waals surface area contributed by atoms with Crippen LogP contribution in [0.1, 0.15) is 18.2 Å². The van der Waals surface area contributed by atoms with E-state index in [1.807, 2.05) is 35.8 Å². The monoisotopic (exact) mass is 188 g/mol. The summed E-state index contributed by atoms with van der Waals surface area (Å²) < 4.78 is 1.81. The summed E-state index contributed by atoms with van der Waals surface area (Å²) in [5, 5.41) is 4.29. The molecular weight excluding hydrogens is 176 g/mol. The molecule has 3 nitrogen and oxygen atoms in total. The van der Waals surface area contributed by atoms with Gasteiger partial charge < -0.3 is 0 Å². The van der Waals surface area contributed by atoms with Crippen LogP contribution in [-0.2, 0) is 11.2 Å².